The molecule has 0 saturated carbocycles. The van der Waals surface area contributed by atoms with E-state index >= 15 is 0 Å². The third-order valence-corrected chi connectivity index (χ3v) is 4.20. The van der Waals surface area contributed by atoms with Crippen molar-refractivity contribution in [3.8, 4) is 11.5 Å². The number of benzene rings is 2. The standard InChI is InChI=1S/C15H14BrCl2NO2/c1-2-13(10-5-8(16)3-4-14(10)20)19-9-6-11(17)15(21)12(18)7-9/h3-7,13,19-21H,2H2,1H3. The second-order valence-electron chi connectivity index (χ2n) is 4.60. The molecule has 2 aromatic rings. The van der Waals surface area contributed by atoms with Crippen LogP contribution in [0.15, 0.2) is 34.8 Å². The first-order valence-corrected chi connectivity index (χ1v) is 7.90. The summed E-state index contributed by atoms with van der Waals surface area (Å²) in [6.45, 7) is 2.00. The highest BCUT2D eigenvalue weighted by molar-refractivity contribution is 9.10. The van der Waals surface area contributed by atoms with Gasteiger partial charge >= 0.3 is 0 Å². The molecule has 0 saturated heterocycles. The van der Waals surface area contributed by atoms with Gasteiger partial charge in [0, 0.05) is 15.7 Å². The number of halogens is 3. The summed E-state index contributed by atoms with van der Waals surface area (Å²) in [6.07, 6.45) is 0.750. The average molecular weight is 391 g/mol. The predicted octanol–water partition coefficient (Wildman–Crippen LogP) is 5.73. The number of rotatable bonds is 4. The molecule has 21 heavy (non-hydrogen) atoms. The third-order valence-electron chi connectivity index (χ3n) is 3.13. The predicted molar refractivity (Wildman–Crippen MR) is 90.6 cm³/mol. The van der Waals surface area contributed by atoms with Gasteiger partial charge < -0.3 is 15.5 Å². The molecule has 0 aromatic heterocycles. The lowest BCUT2D eigenvalue weighted by Gasteiger charge is -2.20. The highest BCUT2D eigenvalue weighted by atomic mass is 79.9. The Kier molecular flexibility index (Phi) is 5.25. The van der Waals surface area contributed by atoms with E-state index in [-0.39, 0.29) is 27.6 Å². The van der Waals surface area contributed by atoms with Gasteiger partial charge in [-0.15, -0.1) is 0 Å². The van der Waals surface area contributed by atoms with E-state index in [4.69, 9.17) is 23.2 Å². The topological polar surface area (TPSA) is 52.5 Å². The van der Waals surface area contributed by atoms with Gasteiger partial charge in [-0.25, -0.2) is 0 Å². The number of phenols is 2. The fraction of sp³-hybridized carbons (Fsp3) is 0.200. The fourth-order valence-electron chi connectivity index (χ4n) is 2.05. The van der Waals surface area contributed by atoms with Gasteiger partial charge in [0.15, 0.2) is 5.75 Å². The van der Waals surface area contributed by atoms with Crippen molar-refractivity contribution in [3.05, 3.63) is 50.4 Å². The van der Waals surface area contributed by atoms with Crippen molar-refractivity contribution in [2.75, 3.05) is 5.32 Å². The SMILES string of the molecule is CCC(Nc1cc(Cl)c(O)c(Cl)c1)c1cc(Br)ccc1O. The molecule has 3 nitrogen and oxygen atoms in total. The Bertz CT molecular complexity index is 641. The molecular formula is C15H14BrCl2NO2. The summed E-state index contributed by atoms with van der Waals surface area (Å²) >= 11 is 15.2. The van der Waals surface area contributed by atoms with E-state index in [1.807, 2.05) is 13.0 Å². The molecule has 0 radical (unpaired) electrons. The lowest BCUT2D eigenvalue weighted by atomic mass is 10.0. The first kappa shape index (κ1) is 16.3. The quantitative estimate of drug-likeness (QED) is 0.584. The molecule has 0 spiro atoms. The Morgan fingerprint density at radius 1 is 1.14 bits per heavy atom. The highest BCUT2D eigenvalue weighted by Crippen LogP contribution is 2.37. The van der Waals surface area contributed by atoms with Crippen LogP contribution in [-0.2, 0) is 0 Å². The minimum Gasteiger partial charge on any atom is -0.508 e. The van der Waals surface area contributed by atoms with E-state index in [2.05, 4.69) is 21.2 Å². The van der Waals surface area contributed by atoms with Crippen LogP contribution >= 0.6 is 39.1 Å². The Morgan fingerprint density at radius 2 is 1.76 bits per heavy atom. The van der Waals surface area contributed by atoms with Crippen LogP contribution in [0.4, 0.5) is 5.69 Å². The third kappa shape index (κ3) is 3.76. The summed E-state index contributed by atoms with van der Waals surface area (Å²) in [5.74, 6) is 0.0794. The molecule has 1 unspecified atom stereocenters. The van der Waals surface area contributed by atoms with E-state index in [1.54, 1.807) is 24.3 Å². The van der Waals surface area contributed by atoms with Gasteiger partial charge in [-0.3, -0.25) is 0 Å². The number of hydrogen-bond donors (Lipinski definition) is 3. The second kappa shape index (κ2) is 6.77. The molecule has 0 aliphatic heterocycles. The molecule has 1 atom stereocenters. The largest absolute Gasteiger partial charge is 0.508 e. The molecule has 2 rings (SSSR count). The van der Waals surface area contributed by atoms with Gasteiger partial charge in [0.1, 0.15) is 5.75 Å². The number of aromatic hydroxyl groups is 2. The van der Waals surface area contributed by atoms with E-state index in [0.29, 0.717) is 5.69 Å². The fourth-order valence-corrected chi connectivity index (χ4v) is 2.92. The molecule has 112 valence electrons. The smallest absolute Gasteiger partial charge is 0.152 e. The monoisotopic (exact) mass is 389 g/mol. The summed E-state index contributed by atoms with van der Waals surface area (Å²) in [5.41, 5.74) is 1.45. The van der Waals surface area contributed by atoms with Gasteiger partial charge in [0.05, 0.1) is 16.1 Å². The molecule has 0 amide bonds. The Hall–Kier alpha value is -1.10. The molecule has 0 heterocycles. The van der Waals surface area contributed by atoms with Crippen LogP contribution in [0, 0.1) is 0 Å². The van der Waals surface area contributed by atoms with Crippen molar-refractivity contribution >= 4 is 44.8 Å². The first-order valence-electron chi connectivity index (χ1n) is 6.35. The summed E-state index contributed by atoms with van der Waals surface area (Å²) in [4.78, 5) is 0. The number of phenolic OH excluding ortho intramolecular Hbond substituents is 2. The van der Waals surface area contributed by atoms with Gasteiger partial charge in [0.25, 0.3) is 0 Å². The van der Waals surface area contributed by atoms with Crippen LogP contribution in [0.2, 0.25) is 10.0 Å². The number of anilines is 1. The van der Waals surface area contributed by atoms with Crippen molar-refractivity contribution < 1.29 is 10.2 Å². The zero-order valence-electron chi connectivity index (χ0n) is 11.2. The van der Waals surface area contributed by atoms with Crippen LogP contribution in [0.3, 0.4) is 0 Å². The summed E-state index contributed by atoms with van der Waals surface area (Å²) in [7, 11) is 0. The number of nitrogens with one attached hydrogen (secondary N) is 1. The van der Waals surface area contributed by atoms with Gasteiger partial charge in [-0.1, -0.05) is 46.1 Å². The lowest BCUT2D eigenvalue weighted by molar-refractivity contribution is 0.462. The van der Waals surface area contributed by atoms with Crippen molar-refractivity contribution in [2.24, 2.45) is 0 Å². The maximum atomic E-state index is 10.0. The summed E-state index contributed by atoms with van der Waals surface area (Å²) in [6, 6.07) is 8.36. The van der Waals surface area contributed by atoms with Crippen molar-refractivity contribution in [1.82, 2.24) is 0 Å². The zero-order chi connectivity index (χ0) is 15.6. The van der Waals surface area contributed by atoms with Crippen molar-refractivity contribution in [3.63, 3.8) is 0 Å². The molecule has 0 aliphatic rings. The van der Waals surface area contributed by atoms with Crippen LogP contribution in [0.1, 0.15) is 24.9 Å². The van der Waals surface area contributed by atoms with Crippen LogP contribution in [-0.4, -0.2) is 10.2 Å². The molecular weight excluding hydrogens is 377 g/mol. The summed E-state index contributed by atoms with van der Waals surface area (Å²) in [5, 5.41) is 23.2. The molecule has 3 N–H and O–H groups in total. The zero-order valence-corrected chi connectivity index (χ0v) is 14.3. The number of hydrogen-bond acceptors (Lipinski definition) is 3. The van der Waals surface area contributed by atoms with Gasteiger partial charge in [-0.05, 0) is 36.8 Å². The molecule has 0 aliphatic carbocycles. The normalized spacial score (nSPS) is 12.2. The van der Waals surface area contributed by atoms with E-state index in [9.17, 15) is 10.2 Å². The van der Waals surface area contributed by atoms with E-state index < -0.39 is 0 Å². The van der Waals surface area contributed by atoms with Crippen molar-refractivity contribution in [2.45, 2.75) is 19.4 Å². The van der Waals surface area contributed by atoms with Crippen LogP contribution in [0.5, 0.6) is 11.5 Å². The Labute approximate surface area is 141 Å². The molecule has 6 heteroatoms. The Morgan fingerprint density at radius 3 is 2.33 bits per heavy atom. The maximum absolute atomic E-state index is 10.0. The van der Waals surface area contributed by atoms with Gasteiger partial charge in [0.2, 0.25) is 0 Å². The van der Waals surface area contributed by atoms with Crippen LogP contribution < -0.4 is 5.32 Å². The highest BCUT2D eigenvalue weighted by Gasteiger charge is 2.15. The molecule has 2 aromatic carbocycles. The van der Waals surface area contributed by atoms with Crippen molar-refractivity contribution in [1.29, 1.82) is 0 Å². The van der Waals surface area contributed by atoms with Crippen LogP contribution in [0.25, 0.3) is 0 Å². The second-order valence-corrected chi connectivity index (χ2v) is 6.33. The van der Waals surface area contributed by atoms with E-state index in [0.717, 1.165) is 16.5 Å². The lowest BCUT2D eigenvalue weighted by Crippen LogP contribution is -2.10. The summed E-state index contributed by atoms with van der Waals surface area (Å²) < 4.78 is 0.886. The molecule has 0 bridgehead atoms. The average Bonchev–Trinajstić information content (AvgIpc) is 2.45. The first-order chi connectivity index (χ1) is 9.92. The minimum atomic E-state index is -0.137. The maximum Gasteiger partial charge on any atom is 0.152 e. The van der Waals surface area contributed by atoms with E-state index in [1.165, 1.54) is 0 Å². The minimum absolute atomic E-state index is 0.112. The Balaban J connectivity index is 2.33. The molecule has 0 fully saturated rings. The van der Waals surface area contributed by atoms with Gasteiger partial charge in [-0.2, -0.15) is 0 Å².